The Bertz CT molecular complexity index is 626. The number of halogens is 1. The number of nitrogens with two attached hydrogens (primary N) is 1. The van der Waals surface area contributed by atoms with Gasteiger partial charge in [-0.05, 0) is 56.7 Å². The Hall–Kier alpha value is -1.30. The zero-order chi connectivity index (χ0) is 19.9. The molecule has 3 rings (SSSR count). The molecule has 1 amide bonds. The summed E-state index contributed by atoms with van der Waals surface area (Å²) in [4.78, 5) is 16.6. The minimum Gasteiger partial charge on any atom is -0.368 e. The molecule has 0 aromatic heterocycles. The van der Waals surface area contributed by atoms with Crippen LogP contribution in [0.3, 0.4) is 0 Å². The molecule has 1 heterocycles. The van der Waals surface area contributed by atoms with Gasteiger partial charge in [0, 0.05) is 32.8 Å². The van der Waals surface area contributed by atoms with Crippen molar-refractivity contribution in [2.24, 2.45) is 17.6 Å². The zero-order valence-corrected chi connectivity index (χ0v) is 17.7. The number of carbonyl (C=O) groups excluding carboxylic acids is 1. The first-order valence-electron chi connectivity index (χ1n) is 10.7. The third-order valence-electron chi connectivity index (χ3n) is 6.37. The van der Waals surface area contributed by atoms with Crippen LogP contribution >= 0.6 is 11.6 Å². The maximum Gasteiger partial charge on any atom is 0.246 e. The van der Waals surface area contributed by atoms with E-state index in [0.717, 1.165) is 62.2 Å². The summed E-state index contributed by atoms with van der Waals surface area (Å²) >= 11 is 6.34. The fourth-order valence-electron chi connectivity index (χ4n) is 4.70. The molecule has 6 heteroatoms. The molecule has 1 saturated carbocycles. The number of para-hydroxylation sites is 1. The molecule has 2 fully saturated rings. The van der Waals surface area contributed by atoms with Gasteiger partial charge < -0.3 is 15.4 Å². The lowest BCUT2D eigenvalue weighted by Crippen LogP contribution is -2.47. The summed E-state index contributed by atoms with van der Waals surface area (Å²) in [5.41, 5.74) is 6.68. The van der Waals surface area contributed by atoms with Gasteiger partial charge in [-0.15, -0.1) is 0 Å². The highest BCUT2D eigenvalue weighted by atomic mass is 35.5. The van der Waals surface area contributed by atoms with Gasteiger partial charge in [-0.25, -0.2) is 0 Å². The van der Waals surface area contributed by atoms with Crippen molar-refractivity contribution >= 4 is 23.2 Å². The van der Waals surface area contributed by atoms with Crippen molar-refractivity contribution in [1.29, 1.82) is 0 Å². The van der Waals surface area contributed by atoms with E-state index in [4.69, 9.17) is 22.1 Å². The summed E-state index contributed by atoms with van der Waals surface area (Å²) in [6.07, 6.45) is 5.32. The second-order valence-corrected chi connectivity index (χ2v) is 8.54. The van der Waals surface area contributed by atoms with Gasteiger partial charge in [-0.1, -0.05) is 36.6 Å². The highest BCUT2D eigenvalue weighted by Gasteiger charge is 2.31. The Kier molecular flexibility index (Phi) is 8.00. The van der Waals surface area contributed by atoms with Crippen LogP contribution in [0.15, 0.2) is 24.3 Å². The maximum absolute atomic E-state index is 11.6. The smallest absolute Gasteiger partial charge is 0.246 e. The van der Waals surface area contributed by atoms with Gasteiger partial charge in [-0.3, -0.25) is 9.69 Å². The third-order valence-corrected chi connectivity index (χ3v) is 6.68. The zero-order valence-electron chi connectivity index (χ0n) is 17.0. The van der Waals surface area contributed by atoms with Crippen LogP contribution in [0.4, 0.5) is 5.69 Å². The minimum atomic E-state index is -0.399. The summed E-state index contributed by atoms with van der Waals surface area (Å²) in [6, 6.07) is 8.11. The van der Waals surface area contributed by atoms with Crippen LogP contribution in [0.1, 0.15) is 39.0 Å². The molecule has 1 unspecified atom stereocenters. The van der Waals surface area contributed by atoms with Crippen molar-refractivity contribution in [1.82, 2.24) is 4.90 Å². The second kappa shape index (κ2) is 10.5. The molecule has 1 aliphatic carbocycles. The molecule has 2 aliphatic rings. The van der Waals surface area contributed by atoms with Crippen molar-refractivity contribution in [2.45, 2.75) is 45.1 Å². The monoisotopic (exact) mass is 407 g/mol. The van der Waals surface area contributed by atoms with Gasteiger partial charge in [0.15, 0.2) is 0 Å². The normalized spacial score (nSPS) is 24.9. The third kappa shape index (κ3) is 5.62. The van der Waals surface area contributed by atoms with E-state index in [-0.39, 0.29) is 5.91 Å². The molecule has 2 N–H and O–H groups in total. The van der Waals surface area contributed by atoms with E-state index in [1.807, 2.05) is 19.1 Å². The summed E-state index contributed by atoms with van der Waals surface area (Å²) < 4.78 is 5.59. The first-order valence-corrected chi connectivity index (χ1v) is 11.1. The number of nitrogens with zero attached hydrogens (tertiary/aromatic N) is 2. The van der Waals surface area contributed by atoms with Gasteiger partial charge in [0.2, 0.25) is 5.91 Å². The standard InChI is InChI=1S/C22H34ClN3O2/c1-2-28-21(22(24)27)18-9-7-17(8-10-18)11-12-25-13-15-26(16-14-25)20-6-4-3-5-19(20)23/h3-6,17-18,21H,2,7-16H2,1H3,(H2,24,27). The molecule has 28 heavy (non-hydrogen) atoms. The Morgan fingerprint density at radius 2 is 1.86 bits per heavy atom. The predicted molar refractivity (Wildman–Crippen MR) is 115 cm³/mol. The summed E-state index contributed by atoms with van der Waals surface area (Å²) in [5, 5.41) is 0.842. The van der Waals surface area contributed by atoms with Crippen LogP contribution in [-0.2, 0) is 9.53 Å². The van der Waals surface area contributed by atoms with E-state index in [0.29, 0.717) is 12.5 Å². The van der Waals surface area contributed by atoms with Gasteiger partial charge in [0.25, 0.3) is 0 Å². The van der Waals surface area contributed by atoms with Crippen LogP contribution in [0, 0.1) is 11.8 Å². The molecular formula is C22H34ClN3O2. The SMILES string of the molecule is CCOC(C(N)=O)C1CCC(CCN2CCN(c3ccccc3Cl)CC2)CC1. The second-order valence-electron chi connectivity index (χ2n) is 8.13. The van der Waals surface area contributed by atoms with Crippen LogP contribution in [-0.4, -0.2) is 56.2 Å². The predicted octanol–water partition coefficient (Wildman–Crippen LogP) is 3.55. The Morgan fingerprint density at radius 3 is 2.46 bits per heavy atom. The number of amides is 1. The van der Waals surface area contributed by atoms with Crippen LogP contribution in [0.2, 0.25) is 5.02 Å². The number of benzene rings is 1. The van der Waals surface area contributed by atoms with E-state index in [1.54, 1.807) is 0 Å². The molecule has 1 aromatic rings. The topological polar surface area (TPSA) is 58.8 Å². The average Bonchev–Trinajstić information content (AvgIpc) is 2.72. The van der Waals surface area contributed by atoms with E-state index in [9.17, 15) is 4.79 Å². The van der Waals surface area contributed by atoms with Gasteiger partial charge in [0.05, 0.1) is 10.7 Å². The van der Waals surface area contributed by atoms with Crippen molar-refractivity contribution in [3.8, 4) is 0 Å². The van der Waals surface area contributed by atoms with Crippen LogP contribution in [0.25, 0.3) is 0 Å². The molecule has 0 spiro atoms. The van der Waals surface area contributed by atoms with Gasteiger partial charge in [-0.2, -0.15) is 0 Å². The fraction of sp³-hybridized carbons (Fsp3) is 0.682. The number of ether oxygens (including phenoxy) is 1. The molecule has 0 bridgehead atoms. The number of carbonyl (C=O) groups is 1. The lowest BCUT2D eigenvalue weighted by molar-refractivity contribution is -0.134. The number of primary amides is 1. The molecule has 5 nitrogen and oxygen atoms in total. The fourth-order valence-corrected chi connectivity index (χ4v) is 4.95. The Labute approximate surface area is 174 Å². The number of rotatable bonds is 8. The van der Waals surface area contributed by atoms with Crippen molar-refractivity contribution in [3.05, 3.63) is 29.3 Å². The van der Waals surface area contributed by atoms with Crippen molar-refractivity contribution in [2.75, 3.05) is 44.2 Å². The number of hydrogen-bond donors (Lipinski definition) is 1. The van der Waals surface area contributed by atoms with E-state index >= 15 is 0 Å². The number of hydrogen-bond acceptors (Lipinski definition) is 4. The van der Waals surface area contributed by atoms with Crippen LogP contribution in [0.5, 0.6) is 0 Å². The van der Waals surface area contributed by atoms with E-state index in [2.05, 4.69) is 21.9 Å². The first-order chi connectivity index (χ1) is 13.6. The van der Waals surface area contributed by atoms with E-state index in [1.165, 1.54) is 19.3 Å². The Balaban J connectivity index is 1.37. The molecule has 156 valence electrons. The lowest BCUT2D eigenvalue weighted by Gasteiger charge is -2.38. The molecule has 1 aromatic carbocycles. The van der Waals surface area contributed by atoms with Crippen molar-refractivity contribution < 1.29 is 9.53 Å². The summed E-state index contributed by atoms with van der Waals surface area (Å²) in [5.74, 6) is 0.752. The minimum absolute atomic E-state index is 0.299. The molecule has 1 atom stereocenters. The quantitative estimate of drug-likeness (QED) is 0.715. The molecular weight excluding hydrogens is 374 g/mol. The highest BCUT2D eigenvalue weighted by molar-refractivity contribution is 6.33. The van der Waals surface area contributed by atoms with Gasteiger partial charge in [0.1, 0.15) is 6.10 Å². The first kappa shape index (κ1) is 21.4. The van der Waals surface area contributed by atoms with Crippen LogP contribution < -0.4 is 10.6 Å². The number of piperazine rings is 1. The van der Waals surface area contributed by atoms with E-state index < -0.39 is 6.10 Å². The van der Waals surface area contributed by atoms with Gasteiger partial charge >= 0.3 is 0 Å². The Morgan fingerprint density at radius 1 is 1.18 bits per heavy atom. The average molecular weight is 408 g/mol. The molecule has 0 radical (unpaired) electrons. The highest BCUT2D eigenvalue weighted by Crippen LogP contribution is 2.34. The largest absolute Gasteiger partial charge is 0.368 e. The van der Waals surface area contributed by atoms with Crippen molar-refractivity contribution in [3.63, 3.8) is 0 Å². The summed E-state index contributed by atoms with van der Waals surface area (Å²) in [7, 11) is 0. The lowest BCUT2D eigenvalue weighted by atomic mass is 9.78. The molecule has 1 saturated heterocycles. The molecule has 1 aliphatic heterocycles. The summed E-state index contributed by atoms with van der Waals surface area (Å²) in [6.45, 7) is 7.89. The number of anilines is 1. The maximum atomic E-state index is 11.6.